The van der Waals surface area contributed by atoms with E-state index in [0.29, 0.717) is 38.1 Å². The number of fused-ring (bicyclic) bond motifs is 1. The summed E-state index contributed by atoms with van der Waals surface area (Å²) in [7, 11) is -3.75. The van der Waals surface area contributed by atoms with Crippen LogP contribution in [0.1, 0.15) is 38.7 Å². The molecule has 1 aliphatic rings. The van der Waals surface area contributed by atoms with E-state index in [9.17, 15) is 13.2 Å². The fraction of sp³-hybridized carbons (Fsp3) is 0.458. The first-order valence-electron chi connectivity index (χ1n) is 11.8. The average Bonchev–Trinajstić information content (AvgIpc) is 3.26. The van der Waals surface area contributed by atoms with Gasteiger partial charge in [0.05, 0.1) is 22.9 Å². The minimum atomic E-state index is -3.75. The number of piperidine rings is 1. The van der Waals surface area contributed by atoms with E-state index in [1.807, 2.05) is 38.1 Å². The maximum atomic E-state index is 13.4. The molecule has 0 radical (unpaired) electrons. The van der Waals surface area contributed by atoms with Crippen molar-refractivity contribution in [3.8, 4) is 5.75 Å². The molecule has 0 saturated carbocycles. The molecule has 1 atom stereocenters. The number of benzene rings is 2. The van der Waals surface area contributed by atoms with E-state index in [-0.39, 0.29) is 17.3 Å². The van der Waals surface area contributed by atoms with Crippen LogP contribution in [0.15, 0.2) is 47.4 Å². The monoisotopic (exact) mass is 485 g/mol. The molecule has 4 rings (SSSR count). The zero-order valence-electron chi connectivity index (χ0n) is 19.6. The van der Waals surface area contributed by atoms with Gasteiger partial charge in [-0.2, -0.15) is 4.31 Å². The summed E-state index contributed by atoms with van der Waals surface area (Å²) in [5.41, 5.74) is 2.25. The second kappa shape index (κ2) is 10.5. The third kappa shape index (κ3) is 5.07. The summed E-state index contributed by atoms with van der Waals surface area (Å²) in [6, 6.07) is 12.5. The number of nitrogens with zero attached hydrogens (tertiary/aromatic N) is 4. The lowest BCUT2D eigenvalue weighted by atomic mass is 9.98. The van der Waals surface area contributed by atoms with Crippen LogP contribution in [0.3, 0.4) is 0 Å². The van der Waals surface area contributed by atoms with Crippen molar-refractivity contribution >= 4 is 27.0 Å². The van der Waals surface area contributed by atoms with E-state index in [4.69, 9.17) is 4.74 Å². The number of hydrogen-bond acceptors (Lipinski definition) is 6. The first kappa shape index (κ1) is 24.2. The molecule has 1 amide bonds. The lowest BCUT2D eigenvalue weighted by molar-refractivity contribution is -0.126. The molecule has 10 heteroatoms. The maximum Gasteiger partial charge on any atom is 0.243 e. The van der Waals surface area contributed by atoms with Gasteiger partial charge < -0.3 is 10.1 Å². The molecule has 0 bridgehead atoms. The van der Waals surface area contributed by atoms with Crippen LogP contribution in [0.4, 0.5) is 0 Å². The van der Waals surface area contributed by atoms with E-state index < -0.39 is 15.9 Å². The Morgan fingerprint density at radius 2 is 2.03 bits per heavy atom. The highest BCUT2D eigenvalue weighted by Gasteiger charge is 2.33. The normalized spacial score (nSPS) is 17.1. The summed E-state index contributed by atoms with van der Waals surface area (Å²) in [4.78, 5) is 13.1. The zero-order chi connectivity index (χ0) is 24.1. The Labute approximate surface area is 200 Å². The molecule has 1 aliphatic heterocycles. The molecule has 182 valence electrons. The fourth-order valence-electron chi connectivity index (χ4n) is 4.29. The van der Waals surface area contributed by atoms with E-state index in [2.05, 4.69) is 15.6 Å². The summed E-state index contributed by atoms with van der Waals surface area (Å²) in [5.74, 6) is 0.186. The summed E-state index contributed by atoms with van der Waals surface area (Å²) in [5, 5.41) is 11.2. The molecule has 0 aliphatic carbocycles. The first-order valence-corrected chi connectivity index (χ1v) is 13.2. The lowest BCUT2D eigenvalue weighted by Crippen LogP contribution is -2.45. The molecule has 1 N–H and O–H groups in total. The van der Waals surface area contributed by atoms with Crippen molar-refractivity contribution in [2.45, 2.75) is 51.1 Å². The predicted molar refractivity (Wildman–Crippen MR) is 129 cm³/mol. The Kier molecular flexibility index (Phi) is 7.47. The number of carbonyl (C=O) groups is 1. The van der Waals surface area contributed by atoms with Crippen LogP contribution in [-0.2, 0) is 27.9 Å². The van der Waals surface area contributed by atoms with Gasteiger partial charge in [0, 0.05) is 31.7 Å². The van der Waals surface area contributed by atoms with Crippen LogP contribution in [0.2, 0.25) is 0 Å². The molecule has 0 spiro atoms. The number of rotatable bonds is 9. The highest BCUT2D eigenvalue weighted by molar-refractivity contribution is 7.89. The molecular formula is C24H31N5O4S. The minimum Gasteiger partial charge on any atom is -0.494 e. The van der Waals surface area contributed by atoms with Crippen LogP contribution >= 0.6 is 0 Å². The van der Waals surface area contributed by atoms with Gasteiger partial charge in [0.15, 0.2) is 0 Å². The zero-order valence-corrected chi connectivity index (χ0v) is 20.4. The quantitative estimate of drug-likeness (QED) is 0.499. The molecule has 2 aromatic carbocycles. The summed E-state index contributed by atoms with van der Waals surface area (Å²) < 4.78 is 35.5. The standard InChI is InChI=1S/C24H31N5O4S/c1-3-13-29-22-12-11-20(15-21(22)26-27-29)34(31,32)28-14-7-9-19(17-28)24(30)25-16-18-8-5-6-10-23(18)33-4-2/h5-6,8,10-12,15,19H,3-4,7,9,13-14,16-17H2,1-2H3,(H,25,30)/t19-/m1/s1. The molecule has 2 heterocycles. The number of carbonyl (C=O) groups excluding carboxylic acids is 1. The lowest BCUT2D eigenvalue weighted by Gasteiger charge is -2.31. The Hall–Kier alpha value is -2.98. The van der Waals surface area contributed by atoms with Crippen molar-refractivity contribution in [3.05, 3.63) is 48.0 Å². The Morgan fingerprint density at radius 3 is 2.82 bits per heavy atom. The fourth-order valence-corrected chi connectivity index (χ4v) is 5.83. The number of sulfonamides is 1. The van der Waals surface area contributed by atoms with E-state index in [1.165, 1.54) is 4.31 Å². The summed E-state index contributed by atoms with van der Waals surface area (Å²) in [6.45, 7) is 6.11. The number of nitrogens with one attached hydrogen (secondary N) is 1. The van der Waals surface area contributed by atoms with Crippen LogP contribution in [0, 0.1) is 5.92 Å². The molecule has 9 nitrogen and oxygen atoms in total. The summed E-state index contributed by atoms with van der Waals surface area (Å²) in [6.07, 6.45) is 2.18. The second-order valence-corrected chi connectivity index (χ2v) is 10.4. The van der Waals surface area contributed by atoms with Gasteiger partial charge in [-0.3, -0.25) is 4.79 Å². The Balaban J connectivity index is 1.44. The van der Waals surface area contributed by atoms with Crippen molar-refractivity contribution in [1.29, 1.82) is 0 Å². The number of ether oxygens (including phenoxy) is 1. The summed E-state index contributed by atoms with van der Waals surface area (Å²) >= 11 is 0. The first-order chi connectivity index (χ1) is 16.4. The average molecular weight is 486 g/mol. The topological polar surface area (TPSA) is 106 Å². The van der Waals surface area contributed by atoms with Gasteiger partial charge in [0.1, 0.15) is 11.3 Å². The number of aryl methyl sites for hydroxylation is 1. The van der Waals surface area contributed by atoms with Crippen LogP contribution in [-0.4, -0.2) is 53.3 Å². The van der Waals surface area contributed by atoms with Crippen LogP contribution < -0.4 is 10.1 Å². The molecule has 1 aromatic heterocycles. The number of hydrogen-bond donors (Lipinski definition) is 1. The third-order valence-electron chi connectivity index (χ3n) is 6.04. The number of aromatic nitrogens is 3. The van der Waals surface area contributed by atoms with Crippen molar-refractivity contribution in [2.24, 2.45) is 5.92 Å². The van der Waals surface area contributed by atoms with Gasteiger partial charge in [0.2, 0.25) is 15.9 Å². The van der Waals surface area contributed by atoms with E-state index in [1.54, 1.807) is 22.9 Å². The SMILES string of the molecule is CCCn1nnc2cc(S(=O)(=O)N3CCC[C@@H](C(=O)NCc4ccccc4OCC)C3)ccc21. The van der Waals surface area contributed by atoms with Gasteiger partial charge in [-0.25, -0.2) is 13.1 Å². The van der Waals surface area contributed by atoms with Gasteiger partial charge in [-0.15, -0.1) is 5.10 Å². The van der Waals surface area contributed by atoms with Crippen LogP contribution in [0.25, 0.3) is 11.0 Å². The van der Waals surface area contributed by atoms with Gasteiger partial charge in [-0.05, 0) is 50.5 Å². The predicted octanol–water partition coefficient (Wildman–Crippen LogP) is 2.96. The van der Waals surface area contributed by atoms with Crippen molar-refractivity contribution < 1.29 is 17.9 Å². The Bertz CT molecular complexity index is 1260. The van der Waals surface area contributed by atoms with Crippen molar-refractivity contribution in [3.63, 3.8) is 0 Å². The second-order valence-electron chi connectivity index (χ2n) is 8.42. The van der Waals surface area contributed by atoms with Gasteiger partial charge in [-0.1, -0.05) is 30.3 Å². The Morgan fingerprint density at radius 1 is 1.21 bits per heavy atom. The third-order valence-corrected chi connectivity index (χ3v) is 7.90. The number of amides is 1. The highest BCUT2D eigenvalue weighted by Crippen LogP contribution is 2.26. The number of para-hydroxylation sites is 1. The molecular weight excluding hydrogens is 454 g/mol. The van der Waals surface area contributed by atoms with Crippen molar-refractivity contribution in [2.75, 3.05) is 19.7 Å². The highest BCUT2D eigenvalue weighted by atomic mass is 32.2. The van der Waals surface area contributed by atoms with E-state index in [0.717, 1.165) is 29.8 Å². The maximum absolute atomic E-state index is 13.4. The van der Waals surface area contributed by atoms with E-state index >= 15 is 0 Å². The molecule has 3 aromatic rings. The van der Waals surface area contributed by atoms with Gasteiger partial charge >= 0.3 is 0 Å². The van der Waals surface area contributed by atoms with Gasteiger partial charge in [0.25, 0.3) is 0 Å². The molecule has 1 saturated heterocycles. The molecule has 34 heavy (non-hydrogen) atoms. The van der Waals surface area contributed by atoms with Crippen LogP contribution in [0.5, 0.6) is 5.75 Å². The molecule has 1 fully saturated rings. The van der Waals surface area contributed by atoms with Crippen molar-refractivity contribution in [1.82, 2.24) is 24.6 Å². The smallest absolute Gasteiger partial charge is 0.243 e. The minimum absolute atomic E-state index is 0.149. The molecule has 0 unspecified atom stereocenters. The largest absolute Gasteiger partial charge is 0.494 e.